The highest BCUT2D eigenvalue weighted by molar-refractivity contribution is 5.21. The lowest BCUT2D eigenvalue weighted by atomic mass is 10.1. The summed E-state index contributed by atoms with van der Waals surface area (Å²) in [4.78, 5) is 0. The Morgan fingerprint density at radius 2 is 2.18 bits per heavy atom. The highest BCUT2D eigenvalue weighted by Crippen LogP contribution is 2.18. The minimum atomic E-state index is -0.948. The van der Waals surface area contributed by atoms with Crippen LogP contribution in [0, 0.1) is 13.8 Å². The third-order valence-corrected chi connectivity index (χ3v) is 1.67. The molecule has 4 heteroatoms. The van der Waals surface area contributed by atoms with Crippen LogP contribution in [0.25, 0.3) is 0 Å². The van der Waals surface area contributed by atoms with Crippen molar-refractivity contribution in [3.05, 3.63) is 17.0 Å². The summed E-state index contributed by atoms with van der Waals surface area (Å²) < 4.78 is 4.79. The van der Waals surface area contributed by atoms with Crippen LogP contribution in [0.15, 0.2) is 4.52 Å². The lowest BCUT2D eigenvalue weighted by Crippen LogP contribution is -2.02. The van der Waals surface area contributed by atoms with E-state index in [4.69, 9.17) is 14.7 Å². The minimum Gasteiger partial charge on any atom is -0.393 e. The number of aromatic nitrogens is 1. The highest BCUT2D eigenvalue weighted by Gasteiger charge is 2.15. The summed E-state index contributed by atoms with van der Waals surface area (Å²) in [6, 6.07) is 0. The molecule has 0 bridgehead atoms. The van der Waals surface area contributed by atoms with Crippen LogP contribution in [0.3, 0.4) is 0 Å². The van der Waals surface area contributed by atoms with Crippen molar-refractivity contribution >= 4 is 0 Å². The van der Waals surface area contributed by atoms with Crippen molar-refractivity contribution in [2.24, 2.45) is 0 Å². The van der Waals surface area contributed by atoms with Crippen molar-refractivity contribution in [2.45, 2.75) is 20.0 Å². The van der Waals surface area contributed by atoms with Crippen molar-refractivity contribution in [1.29, 1.82) is 0 Å². The lowest BCUT2D eigenvalue weighted by molar-refractivity contribution is 0.0714. The smallest absolute Gasteiger partial charge is 0.170 e. The van der Waals surface area contributed by atoms with Gasteiger partial charge < -0.3 is 14.7 Å². The first-order valence-electron chi connectivity index (χ1n) is 3.38. The average molecular weight is 157 g/mol. The van der Waals surface area contributed by atoms with E-state index in [1.807, 2.05) is 0 Å². The van der Waals surface area contributed by atoms with Gasteiger partial charge in [-0.1, -0.05) is 5.16 Å². The summed E-state index contributed by atoms with van der Waals surface area (Å²) >= 11 is 0. The van der Waals surface area contributed by atoms with E-state index in [1.54, 1.807) is 13.8 Å². The molecule has 1 atom stereocenters. The van der Waals surface area contributed by atoms with Crippen LogP contribution in [0.2, 0.25) is 0 Å². The predicted octanol–water partition coefficient (Wildman–Crippen LogP) is 0.317. The summed E-state index contributed by atoms with van der Waals surface area (Å²) in [5, 5.41) is 21.4. The Morgan fingerprint density at radius 1 is 1.55 bits per heavy atom. The monoisotopic (exact) mass is 157 g/mol. The Hall–Kier alpha value is -0.870. The number of hydrogen-bond acceptors (Lipinski definition) is 4. The molecule has 1 aromatic heterocycles. The fourth-order valence-electron chi connectivity index (χ4n) is 0.827. The standard InChI is InChI=1S/C7H11NO3/c1-4-5(2)8-11-7(4)6(10)3-9/h6,9-10H,3H2,1-2H3/t6-/m1/s1. The molecule has 0 amide bonds. The zero-order chi connectivity index (χ0) is 8.43. The maximum Gasteiger partial charge on any atom is 0.170 e. The number of rotatable bonds is 2. The molecule has 2 N–H and O–H groups in total. The van der Waals surface area contributed by atoms with Crippen LogP contribution in [0.4, 0.5) is 0 Å². The fraction of sp³-hybridized carbons (Fsp3) is 0.571. The zero-order valence-electron chi connectivity index (χ0n) is 6.53. The predicted molar refractivity (Wildman–Crippen MR) is 38.0 cm³/mol. The largest absolute Gasteiger partial charge is 0.393 e. The Morgan fingerprint density at radius 3 is 2.55 bits per heavy atom. The van der Waals surface area contributed by atoms with Gasteiger partial charge in [0.25, 0.3) is 0 Å². The second kappa shape index (κ2) is 3.02. The van der Waals surface area contributed by atoms with Crippen LogP contribution in [-0.4, -0.2) is 22.0 Å². The molecule has 0 aliphatic heterocycles. The van der Waals surface area contributed by atoms with Gasteiger partial charge in [0.05, 0.1) is 12.3 Å². The molecule has 0 saturated heterocycles. The summed E-state index contributed by atoms with van der Waals surface area (Å²) in [7, 11) is 0. The van der Waals surface area contributed by atoms with Crippen LogP contribution in [0.1, 0.15) is 23.1 Å². The summed E-state index contributed by atoms with van der Waals surface area (Å²) in [6.07, 6.45) is -0.948. The molecule has 0 unspecified atom stereocenters. The SMILES string of the molecule is Cc1noc([C@H](O)CO)c1C. The molecule has 0 fully saturated rings. The van der Waals surface area contributed by atoms with Crippen LogP contribution in [0.5, 0.6) is 0 Å². The van der Waals surface area contributed by atoms with Crippen molar-refractivity contribution in [3.8, 4) is 0 Å². The molecule has 1 rings (SSSR count). The van der Waals surface area contributed by atoms with E-state index in [9.17, 15) is 0 Å². The van der Waals surface area contributed by atoms with E-state index in [-0.39, 0.29) is 6.61 Å². The van der Waals surface area contributed by atoms with E-state index >= 15 is 0 Å². The molecule has 0 saturated carbocycles. The van der Waals surface area contributed by atoms with Crippen molar-refractivity contribution in [3.63, 3.8) is 0 Å². The number of hydrogen-bond donors (Lipinski definition) is 2. The molecule has 11 heavy (non-hydrogen) atoms. The molecule has 62 valence electrons. The van der Waals surface area contributed by atoms with Gasteiger partial charge in [0, 0.05) is 5.56 Å². The van der Waals surface area contributed by atoms with Crippen LogP contribution >= 0.6 is 0 Å². The van der Waals surface area contributed by atoms with Gasteiger partial charge >= 0.3 is 0 Å². The number of aliphatic hydroxyl groups excluding tert-OH is 2. The summed E-state index contributed by atoms with van der Waals surface area (Å²) in [5.41, 5.74) is 1.54. The third-order valence-electron chi connectivity index (χ3n) is 1.67. The van der Waals surface area contributed by atoms with Crippen molar-refractivity contribution in [1.82, 2.24) is 5.16 Å². The molecule has 0 radical (unpaired) electrons. The topological polar surface area (TPSA) is 66.5 Å². The first-order chi connectivity index (χ1) is 5.16. The van der Waals surface area contributed by atoms with E-state index in [1.165, 1.54) is 0 Å². The molecule has 0 aliphatic carbocycles. The molecule has 0 aliphatic rings. The van der Waals surface area contributed by atoms with Gasteiger partial charge in [-0.05, 0) is 13.8 Å². The third kappa shape index (κ3) is 1.41. The molecular formula is C7H11NO3. The highest BCUT2D eigenvalue weighted by atomic mass is 16.5. The molecule has 1 aromatic rings. The Bertz CT molecular complexity index is 244. The van der Waals surface area contributed by atoms with Crippen LogP contribution in [-0.2, 0) is 0 Å². The maximum absolute atomic E-state index is 9.14. The van der Waals surface area contributed by atoms with Gasteiger partial charge in [-0.25, -0.2) is 0 Å². The van der Waals surface area contributed by atoms with Crippen molar-refractivity contribution < 1.29 is 14.7 Å². The first-order valence-corrected chi connectivity index (χ1v) is 3.38. The quantitative estimate of drug-likeness (QED) is 0.648. The molecule has 4 nitrogen and oxygen atoms in total. The first kappa shape index (κ1) is 8.23. The van der Waals surface area contributed by atoms with E-state index in [0.717, 1.165) is 11.3 Å². The summed E-state index contributed by atoms with van der Waals surface area (Å²) in [6.45, 7) is 3.24. The minimum absolute atomic E-state index is 0.338. The molecule has 0 aromatic carbocycles. The van der Waals surface area contributed by atoms with Gasteiger partial charge in [0.1, 0.15) is 6.10 Å². The Kier molecular flexibility index (Phi) is 2.26. The van der Waals surface area contributed by atoms with Gasteiger partial charge in [-0.2, -0.15) is 0 Å². The summed E-state index contributed by atoms with van der Waals surface area (Å²) in [5.74, 6) is 0.352. The van der Waals surface area contributed by atoms with Gasteiger partial charge in [-0.15, -0.1) is 0 Å². The molecule has 0 spiro atoms. The number of aliphatic hydroxyl groups is 2. The fourth-order valence-corrected chi connectivity index (χ4v) is 0.827. The number of aryl methyl sites for hydroxylation is 1. The maximum atomic E-state index is 9.14. The van der Waals surface area contributed by atoms with E-state index < -0.39 is 6.10 Å². The van der Waals surface area contributed by atoms with Gasteiger partial charge in [-0.3, -0.25) is 0 Å². The zero-order valence-corrected chi connectivity index (χ0v) is 6.53. The van der Waals surface area contributed by atoms with Gasteiger partial charge in [0.2, 0.25) is 0 Å². The molecule has 1 heterocycles. The second-order valence-electron chi connectivity index (χ2n) is 2.46. The van der Waals surface area contributed by atoms with E-state index in [2.05, 4.69) is 5.16 Å². The molecular weight excluding hydrogens is 146 g/mol. The second-order valence-corrected chi connectivity index (χ2v) is 2.46. The Balaban J connectivity index is 2.94. The lowest BCUT2D eigenvalue weighted by Gasteiger charge is -2.01. The van der Waals surface area contributed by atoms with E-state index in [0.29, 0.717) is 5.76 Å². The normalized spacial score (nSPS) is 13.5. The van der Waals surface area contributed by atoms with Crippen molar-refractivity contribution in [2.75, 3.05) is 6.61 Å². The number of nitrogens with zero attached hydrogens (tertiary/aromatic N) is 1. The average Bonchev–Trinajstić information content (AvgIpc) is 2.32. The van der Waals surface area contributed by atoms with Crippen LogP contribution < -0.4 is 0 Å². The Labute approximate surface area is 64.4 Å². The van der Waals surface area contributed by atoms with Gasteiger partial charge in [0.15, 0.2) is 5.76 Å².